The van der Waals surface area contributed by atoms with E-state index in [1.807, 2.05) is 17.5 Å². The lowest BCUT2D eigenvalue weighted by atomic mass is 10.1. The maximum absolute atomic E-state index is 12.7. The van der Waals surface area contributed by atoms with E-state index in [-0.39, 0.29) is 17.0 Å². The molecule has 36 heavy (non-hydrogen) atoms. The Bertz CT molecular complexity index is 1450. The van der Waals surface area contributed by atoms with Crippen molar-refractivity contribution in [2.24, 2.45) is 0 Å². The van der Waals surface area contributed by atoms with E-state index in [2.05, 4.69) is 4.98 Å². The minimum absolute atomic E-state index is 0.0123. The topological polar surface area (TPSA) is 112 Å². The van der Waals surface area contributed by atoms with E-state index < -0.39 is 16.9 Å². The van der Waals surface area contributed by atoms with Crippen molar-refractivity contribution in [3.05, 3.63) is 99.2 Å². The number of nitrogens with zero attached hydrogens (tertiary/aromatic N) is 3. The standard InChI is InChI=1S/C26H21N3O6S/c1-16-10-11-17(14-22(16)29(32)33)21-15-36-24(27-21)18-7-6-8-19(13-18)28-12-5-4-9-20(25(30)34-2)23(28)26(31)35-3/h4-15H,1-3H3. The predicted octanol–water partition coefficient (Wildman–Crippen LogP) is 5.18. The van der Waals surface area contributed by atoms with Crippen LogP contribution >= 0.6 is 11.3 Å². The minimum atomic E-state index is -0.700. The predicted molar refractivity (Wildman–Crippen MR) is 136 cm³/mol. The van der Waals surface area contributed by atoms with Gasteiger partial charge in [0.2, 0.25) is 0 Å². The largest absolute Gasteiger partial charge is 0.465 e. The van der Waals surface area contributed by atoms with Gasteiger partial charge < -0.3 is 14.4 Å². The Morgan fingerprint density at radius 2 is 1.81 bits per heavy atom. The van der Waals surface area contributed by atoms with Gasteiger partial charge in [0.25, 0.3) is 5.69 Å². The molecule has 0 N–H and O–H groups in total. The number of aryl methyl sites for hydroxylation is 1. The van der Waals surface area contributed by atoms with Gasteiger partial charge in [-0.2, -0.15) is 0 Å². The fourth-order valence-electron chi connectivity index (χ4n) is 3.66. The second kappa shape index (κ2) is 10.4. The highest BCUT2D eigenvalue weighted by atomic mass is 32.1. The van der Waals surface area contributed by atoms with Crippen molar-refractivity contribution in [2.45, 2.75) is 6.92 Å². The van der Waals surface area contributed by atoms with Gasteiger partial charge in [0, 0.05) is 40.0 Å². The lowest BCUT2D eigenvalue weighted by Gasteiger charge is -2.23. The number of hydrogen-bond acceptors (Lipinski definition) is 9. The molecule has 1 aliphatic heterocycles. The zero-order chi connectivity index (χ0) is 25.8. The molecule has 0 bridgehead atoms. The van der Waals surface area contributed by atoms with Crippen LogP contribution in [0.3, 0.4) is 0 Å². The average molecular weight is 504 g/mol. The van der Waals surface area contributed by atoms with E-state index in [1.165, 1.54) is 37.7 Å². The van der Waals surface area contributed by atoms with Crippen molar-refractivity contribution in [2.75, 3.05) is 19.1 Å². The zero-order valence-electron chi connectivity index (χ0n) is 19.6. The van der Waals surface area contributed by atoms with Gasteiger partial charge in [-0.25, -0.2) is 14.6 Å². The third-order valence-corrected chi connectivity index (χ3v) is 6.36. The first-order valence-electron chi connectivity index (χ1n) is 10.7. The Morgan fingerprint density at radius 3 is 2.53 bits per heavy atom. The number of rotatable bonds is 6. The fourth-order valence-corrected chi connectivity index (χ4v) is 4.48. The molecule has 0 aliphatic carbocycles. The highest BCUT2D eigenvalue weighted by Crippen LogP contribution is 2.34. The lowest BCUT2D eigenvalue weighted by molar-refractivity contribution is -0.385. The number of allylic oxidation sites excluding steroid dienone is 2. The molecule has 10 heteroatoms. The van der Waals surface area contributed by atoms with Crippen LogP contribution in [0, 0.1) is 17.0 Å². The lowest BCUT2D eigenvalue weighted by Crippen LogP contribution is -2.26. The van der Waals surface area contributed by atoms with Crippen LogP contribution in [0.5, 0.6) is 0 Å². The molecule has 0 radical (unpaired) electrons. The maximum atomic E-state index is 12.7. The average Bonchev–Trinajstić information content (AvgIpc) is 3.28. The second-order valence-electron chi connectivity index (χ2n) is 7.66. The van der Waals surface area contributed by atoms with Gasteiger partial charge in [-0.15, -0.1) is 11.3 Å². The fraction of sp³-hybridized carbons (Fsp3) is 0.115. The number of anilines is 1. The summed E-state index contributed by atoms with van der Waals surface area (Å²) in [5, 5.41) is 13.9. The van der Waals surface area contributed by atoms with E-state index in [1.54, 1.807) is 54.4 Å². The molecule has 1 aliphatic rings. The molecule has 0 fully saturated rings. The van der Waals surface area contributed by atoms with E-state index in [4.69, 9.17) is 9.47 Å². The van der Waals surface area contributed by atoms with Crippen molar-refractivity contribution >= 4 is 34.7 Å². The monoisotopic (exact) mass is 503 g/mol. The van der Waals surface area contributed by atoms with Crippen molar-refractivity contribution < 1.29 is 24.0 Å². The summed E-state index contributed by atoms with van der Waals surface area (Å²) in [5.74, 6) is -1.37. The van der Waals surface area contributed by atoms with Crippen LogP contribution in [-0.2, 0) is 19.1 Å². The van der Waals surface area contributed by atoms with E-state index in [0.29, 0.717) is 27.5 Å². The molecule has 0 saturated carbocycles. The second-order valence-corrected chi connectivity index (χ2v) is 8.52. The number of nitro groups is 1. The van der Waals surface area contributed by atoms with E-state index >= 15 is 0 Å². The van der Waals surface area contributed by atoms with Crippen LogP contribution in [0.25, 0.3) is 21.8 Å². The smallest absolute Gasteiger partial charge is 0.355 e. The van der Waals surface area contributed by atoms with Gasteiger partial charge >= 0.3 is 11.9 Å². The van der Waals surface area contributed by atoms with Crippen molar-refractivity contribution in [3.63, 3.8) is 0 Å². The number of hydrogen-bond donors (Lipinski definition) is 0. The molecule has 182 valence electrons. The van der Waals surface area contributed by atoms with Crippen LogP contribution in [0.1, 0.15) is 5.56 Å². The number of esters is 2. The number of benzene rings is 2. The number of nitro benzene ring substituents is 1. The van der Waals surface area contributed by atoms with Gasteiger partial charge in [-0.3, -0.25) is 10.1 Å². The van der Waals surface area contributed by atoms with E-state index in [9.17, 15) is 19.7 Å². The van der Waals surface area contributed by atoms with Crippen LogP contribution in [-0.4, -0.2) is 36.1 Å². The quantitative estimate of drug-likeness (QED) is 0.257. The molecular weight excluding hydrogens is 482 g/mol. The number of aromatic nitrogens is 1. The highest BCUT2D eigenvalue weighted by molar-refractivity contribution is 7.13. The van der Waals surface area contributed by atoms with Gasteiger partial charge in [-0.05, 0) is 31.2 Å². The molecule has 2 aromatic carbocycles. The zero-order valence-corrected chi connectivity index (χ0v) is 20.4. The summed E-state index contributed by atoms with van der Waals surface area (Å²) >= 11 is 1.39. The Morgan fingerprint density at radius 1 is 1.03 bits per heavy atom. The van der Waals surface area contributed by atoms with Crippen LogP contribution in [0.15, 0.2) is 83.5 Å². The molecule has 0 saturated heterocycles. The van der Waals surface area contributed by atoms with Crippen molar-refractivity contribution in [1.29, 1.82) is 0 Å². The third-order valence-electron chi connectivity index (χ3n) is 5.47. The molecule has 0 spiro atoms. The Hall–Kier alpha value is -4.57. The van der Waals surface area contributed by atoms with Gasteiger partial charge in [0.15, 0.2) is 0 Å². The Kier molecular flexibility index (Phi) is 7.07. The van der Waals surface area contributed by atoms with Gasteiger partial charge in [0.1, 0.15) is 10.7 Å². The molecule has 9 nitrogen and oxygen atoms in total. The molecule has 2 heterocycles. The number of methoxy groups -OCH3 is 2. The Labute approximate surface area is 210 Å². The molecule has 0 unspecified atom stereocenters. The SMILES string of the molecule is COC(=O)C1=C(C(=O)OC)N(c2cccc(-c3nc(-c4ccc(C)c([N+](=O)[O-])c4)cs3)c2)C=CC=C1. The first-order chi connectivity index (χ1) is 17.3. The number of carbonyl (C=O) groups is 2. The van der Waals surface area contributed by atoms with Crippen molar-refractivity contribution in [1.82, 2.24) is 4.98 Å². The normalized spacial score (nSPS) is 12.9. The molecule has 0 atom stereocenters. The number of thiazole rings is 1. The molecule has 1 aromatic heterocycles. The van der Waals surface area contributed by atoms with E-state index in [0.717, 1.165) is 5.56 Å². The number of ether oxygens (including phenoxy) is 2. The summed E-state index contributed by atoms with van der Waals surface area (Å²) in [6.07, 6.45) is 6.47. The molecule has 0 amide bonds. The van der Waals surface area contributed by atoms with Crippen LogP contribution < -0.4 is 4.90 Å². The summed E-state index contributed by atoms with van der Waals surface area (Å²) in [4.78, 5) is 42.2. The minimum Gasteiger partial charge on any atom is -0.465 e. The summed E-state index contributed by atoms with van der Waals surface area (Å²) in [6.45, 7) is 1.69. The third kappa shape index (κ3) is 4.80. The Balaban J connectivity index is 1.74. The summed E-state index contributed by atoms with van der Waals surface area (Å²) in [5.41, 5.74) is 3.30. The van der Waals surface area contributed by atoms with Gasteiger partial charge in [-0.1, -0.05) is 30.3 Å². The maximum Gasteiger partial charge on any atom is 0.355 e. The highest BCUT2D eigenvalue weighted by Gasteiger charge is 2.27. The summed E-state index contributed by atoms with van der Waals surface area (Å²) in [6, 6.07) is 12.3. The first kappa shape index (κ1) is 24.6. The molecular formula is C26H21N3O6S. The van der Waals surface area contributed by atoms with Crippen LogP contribution in [0.2, 0.25) is 0 Å². The molecule has 4 rings (SSSR count). The van der Waals surface area contributed by atoms with Crippen molar-refractivity contribution in [3.8, 4) is 21.8 Å². The van der Waals surface area contributed by atoms with Gasteiger partial charge in [0.05, 0.1) is 30.4 Å². The summed E-state index contributed by atoms with van der Waals surface area (Å²) < 4.78 is 9.81. The van der Waals surface area contributed by atoms with Crippen LogP contribution in [0.4, 0.5) is 11.4 Å². The molecule has 3 aromatic rings. The first-order valence-corrected chi connectivity index (χ1v) is 11.6. The summed E-state index contributed by atoms with van der Waals surface area (Å²) in [7, 11) is 2.48. The number of carbonyl (C=O) groups excluding carboxylic acids is 2.